The molecule has 138 valence electrons. The molecule has 0 spiro atoms. The molecule has 1 aliphatic rings. The molecular formula is C16H24N3O5S+. The van der Waals surface area contributed by atoms with Crippen LogP contribution in [0.4, 0.5) is 4.79 Å². The molecule has 0 atom stereocenters. The van der Waals surface area contributed by atoms with Crippen LogP contribution >= 0.6 is 0 Å². The van der Waals surface area contributed by atoms with Gasteiger partial charge in [0.15, 0.2) is 6.54 Å². The lowest BCUT2D eigenvalue weighted by Gasteiger charge is -2.31. The molecule has 2 rings (SSSR count). The molecule has 0 radical (unpaired) electrons. The Morgan fingerprint density at radius 2 is 1.84 bits per heavy atom. The Labute approximate surface area is 147 Å². The van der Waals surface area contributed by atoms with Crippen molar-refractivity contribution in [2.75, 3.05) is 39.3 Å². The highest BCUT2D eigenvalue weighted by atomic mass is 32.2. The number of hydrogen-bond acceptors (Lipinski definition) is 5. The molecule has 0 saturated carbocycles. The Bertz CT molecular complexity index is 685. The highest BCUT2D eigenvalue weighted by Gasteiger charge is 2.30. The molecule has 0 aromatic heterocycles. The van der Waals surface area contributed by atoms with Gasteiger partial charge in [0.25, 0.3) is 5.91 Å². The monoisotopic (exact) mass is 370 g/mol. The number of carbonyl (C=O) groups excluding carboxylic acids is 2. The van der Waals surface area contributed by atoms with Crippen LogP contribution in [-0.2, 0) is 25.3 Å². The van der Waals surface area contributed by atoms with Gasteiger partial charge < -0.3 is 9.64 Å². The molecule has 9 heteroatoms. The average molecular weight is 370 g/mol. The predicted octanol–water partition coefficient (Wildman–Crippen LogP) is -1.01. The van der Waals surface area contributed by atoms with E-state index in [4.69, 9.17) is 0 Å². The van der Waals surface area contributed by atoms with Crippen molar-refractivity contribution < 1.29 is 27.6 Å². The maximum absolute atomic E-state index is 12.5. The van der Waals surface area contributed by atoms with Crippen molar-refractivity contribution in [2.24, 2.45) is 0 Å². The van der Waals surface area contributed by atoms with Gasteiger partial charge in [-0.2, -0.15) is 4.31 Å². The van der Waals surface area contributed by atoms with Crippen molar-refractivity contribution in [2.45, 2.75) is 12.7 Å². The van der Waals surface area contributed by atoms with E-state index in [0.717, 1.165) is 10.5 Å². The van der Waals surface area contributed by atoms with E-state index in [9.17, 15) is 18.0 Å². The van der Waals surface area contributed by atoms with E-state index < -0.39 is 22.0 Å². The van der Waals surface area contributed by atoms with Crippen molar-refractivity contribution in [3.8, 4) is 0 Å². The number of rotatable bonds is 6. The third-order valence-electron chi connectivity index (χ3n) is 3.94. The fourth-order valence-electron chi connectivity index (χ4n) is 2.69. The maximum atomic E-state index is 12.5. The summed E-state index contributed by atoms with van der Waals surface area (Å²) in [5.41, 5.74) is 0.756. The number of amides is 2. The number of ether oxygens (including phenoxy) is 1. The third-order valence-corrected chi connectivity index (χ3v) is 5.79. The quantitative estimate of drug-likeness (QED) is 0.669. The summed E-state index contributed by atoms with van der Waals surface area (Å²) in [5.74, 6) is -0.443. The van der Waals surface area contributed by atoms with Gasteiger partial charge in [-0.05, 0) is 12.5 Å². The van der Waals surface area contributed by atoms with E-state index in [1.165, 1.54) is 4.31 Å². The van der Waals surface area contributed by atoms with Crippen LogP contribution in [0.25, 0.3) is 0 Å². The van der Waals surface area contributed by atoms with Gasteiger partial charge in [0.1, 0.15) is 0 Å². The first-order valence-corrected chi connectivity index (χ1v) is 9.83. The number of carbonyl (C=O) groups is 2. The fourth-order valence-corrected chi connectivity index (χ4v) is 4.22. The van der Waals surface area contributed by atoms with E-state index in [2.05, 4.69) is 10.1 Å². The first-order chi connectivity index (χ1) is 11.9. The summed E-state index contributed by atoms with van der Waals surface area (Å²) in [5, 5.41) is 2.15. The van der Waals surface area contributed by atoms with Gasteiger partial charge in [-0.15, -0.1) is 0 Å². The number of quaternary nitrogens is 1. The van der Waals surface area contributed by atoms with Gasteiger partial charge in [-0.1, -0.05) is 30.3 Å². The molecule has 1 aromatic rings. The van der Waals surface area contributed by atoms with Crippen LogP contribution in [0.1, 0.15) is 12.5 Å². The first-order valence-electron chi connectivity index (χ1n) is 8.22. The molecule has 1 saturated heterocycles. The van der Waals surface area contributed by atoms with Crippen LogP contribution in [-0.4, -0.2) is 64.1 Å². The van der Waals surface area contributed by atoms with Crippen molar-refractivity contribution in [1.82, 2.24) is 9.62 Å². The summed E-state index contributed by atoms with van der Waals surface area (Å²) in [7, 11) is -3.37. The zero-order valence-electron chi connectivity index (χ0n) is 14.2. The first kappa shape index (κ1) is 19.4. The summed E-state index contributed by atoms with van der Waals surface area (Å²) < 4.78 is 31.1. The van der Waals surface area contributed by atoms with Gasteiger partial charge in [0.2, 0.25) is 10.0 Å². The number of piperazine rings is 1. The van der Waals surface area contributed by atoms with E-state index in [0.29, 0.717) is 26.2 Å². The maximum Gasteiger partial charge on any atom is 0.414 e. The van der Waals surface area contributed by atoms with Gasteiger partial charge in [-0.3, -0.25) is 10.1 Å². The van der Waals surface area contributed by atoms with Crippen LogP contribution in [0.3, 0.4) is 0 Å². The van der Waals surface area contributed by atoms with Crippen LogP contribution in [0.5, 0.6) is 0 Å². The summed E-state index contributed by atoms with van der Waals surface area (Å²) in [6.07, 6.45) is -0.754. The Balaban J connectivity index is 1.80. The van der Waals surface area contributed by atoms with Crippen molar-refractivity contribution in [3.05, 3.63) is 35.9 Å². The van der Waals surface area contributed by atoms with Gasteiger partial charge in [0.05, 0.1) is 38.5 Å². The summed E-state index contributed by atoms with van der Waals surface area (Å²) in [4.78, 5) is 23.9. The molecule has 8 nitrogen and oxygen atoms in total. The van der Waals surface area contributed by atoms with Gasteiger partial charge >= 0.3 is 6.09 Å². The second-order valence-corrected chi connectivity index (χ2v) is 7.81. The number of sulfonamides is 1. The van der Waals surface area contributed by atoms with Crippen LogP contribution in [0, 0.1) is 0 Å². The second kappa shape index (κ2) is 8.93. The Kier molecular flexibility index (Phi) is 6.91. The molecule has 1 heterocycles. The fraction of sp³-hybridized carbons (Fsp3) is 0.500. The summed E-state index contributed by atoms with van der Waals surface area (Å²) in [6.45, 7) is 3.72. The van der Waals surface area contributed by atoms with Crippen molar-refractivity contribution >= 4 is 22.0 Å². The van der Waals surface area contributed by atoms with Crippen LogP contribution in [0.2, 0.25) is 0 Å². The molecule has 2 N–H and O–H groups in total. The molecule has 2 amide bonds. The topological polar surface area (TPSA) is 97.2 Å². The Morgan fingerprint density at radius 3 is 2.44 bits per heavy atom. The lowest BCUT2D eigenvalue weighted by Crippen LogP contribution is -3.15. The number of nitrogens with zero attached hydrogens (tertiary/aromatic N) is 1. The third kappa shape index (κ3) is 6.11. The molecule has 0 bridgehead atoms. The zero-order valence-corrected chi connectivity index (χ0v) is 15.0. The molecule has 0 unspecified atom stereocenters. The van der Waals surface area contributed by atoms with Crippen LogP contribution in [0.15, 0.2) is 30.3 Å². The second-order valence-electron chi connectivity index (χ2n) is 5.84. The molecule has 1 aromatic carbocycles. The number of imide groups is 1. The SMILES string of the molecule is CCOC(=O)NC(=O)C[NH+]1CCN(S(=O)(=O)Cc2ccccc2)CC1. The minimum absolute atomic E-state index is 0.0213. The molecular weight excluding hydrogens is 346 g/mol. The lowest BCUT2D eigenvalue weighted by molar-refractivity contribution is -0.895. The standard InChI is InChI=1S/C16H23N3O5S/c1-2-24-16(21)17-15(20)12-18-8-10-19(11-9-18)25(22,23)13-14-6-4-3-5-7-14/h3-7H,2,8-13H2,1H3,(H,17,20,21)/p+1. The zero-order chi connectivity index (χ0) is 18.3. The van der Waals surface area contributed by atoms with Gasteiger partial charge in [0, 0.05) is 0 Å². The summed E-state index contributed by atoms with van der Waals surface area (Å²) >= 11 is 0. The molecule has 0 aliphatic carbocycles. The van der Waals surface area contributed by atoms with E-state index in [-0.39, 0.29) is 18.9 Å². The van der Waals surface area contributed by atoms with Gasteiger partial charge in [-0.25, -0.2) is 13.2 Å². The number of hydrogen-bond donors (Lipinski definition) is 2. The van der Waals surface area contributed by atoms with Crippen molar-refractivity contribution in [1.29, 1.82) is 0 Å². The molecule has 1 aliphatic heterocycles. The predicted molar refractivity (Wildman–Crippen MR) is 91.4 cm³/mol. The smallest absolute Gasteiger partial charge is 0.414 e. The van der Waals surface area contributed by atoms with E-state index >= 15 is 0 Å². The Morgan fingerprint density at radius 1 is 1.20 bits per heavy atom. The van der Waals surface area contributed by atoms with E-state index in [1.807, 2.05) is 18.2 Å². The average Bonchev–Trinajstić information content (AvgIpc) is 2.56. The highest BCUT2D eigenvalue weighted by Crippen LogP contribution is 2.10. The minimum atomic E-state index is -3.37. The number of nitrogens with one attached hydrogen (secondary N) is 2. The molecule has 1 fully saturated rings. The number of alkyl carbamates (subject to hydrolysis) is 1. The minimum Gasteiger partial charge on any atom is -0.450 e. The van der Waals surface area contributed by atoms with E-state index in [1.54, 1.807) is 19.1 Å². The van der Waals surface area contributed by atoms with Crippen LogP contribution < -0.4 is 10.2 Å². The lowest BCUT2D eigenvalue weighted by atomic mass is 10.2. The van der Waals surface area contributed by atoms with Crippen molar-refractivity contribution in [3.63, 3.8) is 0 Å². The normalized spacial score (nSPS) is 16.4. The summed E-state index contributed by atoms with van der Waals surface area (Å²) in [6, 6.07) is 9.06. The highest BCUT2D eigenvalue weighted by molar-refractivity contribution is 7.88. The largest absolute Gasteiger partial charge is 0.450 e. The Hall–Kier alpha value is -1.97. The molecule has 25 heavy (non-hydrogen) atoms. The number of benzene rings is 1.